The molecular formula is C11H13NO2S. The molecule has 3 nitrogen and oxygen atoms in total. The zero-order valence-corrected chi connectivity index (χ0v) is 9.42. The van der Waals surface area contributed by atoms with E-state index in [1.165, 1.54) is 18.2 Å². The van der Waals surface area contributed by atoms with Gasteiger partial charge in [0.25, 0.3) is 0 Å². The second-order valence-electron chi connectivity index (χ2n) is 3.55. The first kappa shape index (κ1) is 10.5. The molecule has 1 fully saturated rings. The molecule has 0 unspecified atom stereocenters. The first-order valence-electron chi connectivity index (χ1n) is 5.00. The highest BCUT2D eigenvalue weighted by atomic mass is 32.2. The van der Waals surface area contributed by atoms with E-state index in [9.17, 15) is 4.79 Å². The predicted octanol–water partition coefficient (Wildman–Crippen LogP) is 2.51. The van der Waals surface area contributed by atoms with Crippen LogP contribution < -0.4 is 0 Å². The average molecular weight is 223 g/mol. The molecular weight excluding hydrogens is 210 g/mol. The van der Waals surface area contributed by atoms with Crippen molar-refractivity contribution >= 4 is 17.7 Å². The van der Waals surface area contributed by atoms with Crippen LogP contribution in [-0.4, -0.2) is 23.3 Å². The van der Waals surface area contributed by atoms with Crippen molar-refractivity contribution in [2.24, 2.45) is 0 Å². The van der Waals surface area contributed by atoms with E-state index in [4.69, 9.17) is 4.74 Å². The number of rotatable bonds is 3. The number of carbonyl (C=O) groups is 1. The van der Waals surface area contributed by atoms with Gasteiger partial charge in [-0.25, -0.2) is 9.78 Å². The molecule has 0 bridgehead atoms. The normalized spacial score (nSPS) is 15.8. The summed E-state index contributed by atoms with van der Waals surface area (Å²) in [6.45, 7) is 0. The van der Waals surface area contributed by atoms with Gasteiger partial charge in [0.05, 0.1) is 10.6 Å². The topological polar surface area (TPSA) is 39.2 Å². The largest absolute Gasteiger partial charge is 0.459 e. The Morgan fingerprint density at radius 2 is 2.40 bits per heavy atom. The van der Waals surface area contributed by atoms with Gasteiger partial charge in [-0.2, -0.15) is 0 Å². The highest BCUT2D eigenvalue weighted by Crippen LogP contribution is 2.23. The van der Waals surface area contributed by atoms with Crippen LogP contribution in [0.2, 0.25) is 0 Å². The molecule has 1 aromatic heterocycles. The summed E-state index contributed by atoms with van der Waals surface area (Å²) in [5.74, 6) is -0.225. The van der Waals surface area contributed by atoms with Crippen LogP contribution in [0.25, 0.3) is 0 Å². The van der Waals surface area contributed by atoms with Gasteiger partial charge in [-0.15, -0.1) is 11.8 Å². The van der Waals surface area contributed by atoms with Crippen LogP contribution in [0, 0.1) is 0 Å². The molecule has 0 aromatic carbocycles. The van der Waals surface area contributed by atoms with Gasteiger partial charge in [-0.1, -0.05) is 0 Å². The Labute approximate surface area is 93.2 Å². The van der Waals surface area contributed by atoms with Crippen molar-refractivity contribution in [1.29, 1.82) is 0 Å². The molecule has 0 N–H and O–H groups in total. The van der Waals surface area contributed by atoms with E-state index in [1.54, 1.807) is 18.3 Å². The van der Waals surface area contributed by atoms with Crippen LogP contribution in [-0.2, 0) is 4.74 Å². The number of nitrogens with zero attached hydrogens (tertiary/aromatic N) is 1. The number of hydrogen-bond donors (Lipinski definition) is 0. The molecule has 0 saturated heterocycles. The fourth-order valence-electron chi connectivity index (χ4n) is 1.36. The highest BCUT2D eigenvalue weighted by molar-refractivity contribution is 7.98. The van der Waals surface area contributed by atoms with Crippen LogP contribution in [0.5, 0.6) is 0 Å². The highest BCUT2D eigenvalue weighted by Gasteiger charge is 2.22. The van der Waals surface area contributed by atoms with Gasteiger partial charge >= 0.3 is 5.97 Å². The van der Waals surface area contributed by atoms with Crippen LogP contribution in [0.3, 0.4) is 0 Å². The Morgan fingerprint density at radius 3 is 3.00 bits per heavy atom. The van der Waals surface area contributed by atoms with E-state index >= 15 is 0 Å². The average Bonchev–Trinajstić information content (AvgIpc) is 2.23. The van der Waals surface area contributed by atoms with Crippen LogP contribution in [0.4, 0.5) is 0 Å². The van der Waals surface area contributed by atoms with Crippen molar-refractivity contribution in [3.8, 4) is 0 Å². The lowest BCUT2D eigenvalue weighted by Crippen LogP contribution is -2.25. The summed E-state index contributed by atoms with van der Waals surface area (Å²) < 4.78 is 5.30. The molecule has 0 amide bonds. The second kappa shape index (κ2) is 4.66. The van der Waals surface area contributed by atoms with Gasteiger partial charge < -0.3 is 4.74 Å². The summed E-state index contributed by atoms with van der Waals surface area (Å²) in [5.41, 5.74) is 0.598. The lowest BCUT2D eigenvalue weighted by atomic mass is 9.96. The fraction of sp³-hybridized carbons (Fsp3) is 0.455. The zero-order chi connectivity index (χ0) is 10.7. The minimum atomic E-state index is -0.225. The first-order valence-corrected chi connectivity index (χ1v) is 6.23. The molecule has 0 spiro atoms. The lowest BCUT2D eigenvalue weighted by Gasteiger charge is -2.25. The molecule has 0 radical (unpaired) electrons. The van der Waals surface area contributed by atoms with E-state index in [1.807, 2.05) is 6.26 Å². The number of aromatic nitrogens is 1. The number of pyridine rings is 1. The third-order valence-corrected chi connectivity index (χ3v) is 3.15. The van der Waals surface area contributed by atoms with Gasteiger partial charge in [0.15, 0.2) is 0 Å². The number of thioether (sulfide) groups is 1. The molecule has 1 heterocycles. The molecule has 0 atom stereocenters. The molecule has 1 aliphatic carbocycles. The lowest BCUT2D eigenvalue weighted by molar-refractivity contribution is 0.00896. The van der Waals surface area contributed by atoms with Crippen molar-refractivity contribution in [3.63, 3.8) is 0 Å². The van der Waals surface area contributed by atoms with E-state index in [2.05, 4.69) is 4.98 Å². The van der Waals surface area contributed by atoms with Crippen LogP contribution >= 0.6 is 11.8 Å². The Balaban J connectivity index is 2.03. The van der Waals surface area contributed by atoms with E-state index in [-0.39, 0.29) is 12.1 Å². The van der Waals surface area contributed by atoms with Crippen molar-refractivity contribution in [1.82, 2.24) is 4.98 Å². The molecule has 1 saturated carbocycles. The maximum absolute atomic E-state index is 11.7. The van der Waals surface area contributed by atoms with Gasteiger partial charge in [-0.05, 0) is 37.7 Å². The molecule has 80 valence electrons. The molecule has 1 aromatic rings. The summed E-state index contributed by atoms with van der Waals surface area (Å²) in [7, 11) is 0. The van der Waals surface area contributed by atoms with Crippen molar-refractivity contribution in [2.45, 2.75) is 30.4 Å². The Bertz CT molecular complexity index is 363. The number of ether oxygens (including phenoxy) is 1. The van der Waals surface area contributed by atoms with E-state index in [0.717, 1.165) is 17.9 Å². The first-order chi connectivity index (χ1) is 7.29. The van der Waals surface area contributed by atoms with Crippen molar-refractivity contribution in [2.75, 3.05) is 6.26 Å². The predicted molar refractivity (Wildman–Crippen MR) is 59.1 cm³/mol. The van der Waals surface area contributed by atoms with Gasteiger partial charge in [-0.3, -0.25) is 0 Å². The maximum atomic E-state index is 11.7. The Morgan fingerprint density at radius 1 is 1.60 bits per heavy atom. The van der Waals surface area contributed by atoms with Crippen LogP contribution in [0.15, 0.2) is 23.4 Å². The Kier molecular flexibility index (Phi) is 3.26. The van der Waals surface area contributed by atoms with Crippen molar-refractivity contribution < 1.29 is 9.53 Å². The monoisotopic (exact) mass is 223 g/mol. The fourth-order valence-corrected chi connectivity index (χ4v) is 1.77. The third kappa shape index (κ3) is 2.50. The van der Waals surface area contributed by atoms with Gasteiger partial charge in [0.2, 0.25) is 0 Å². The number of carbonyl (C=O) groups excluding carboxylic acids is 1. The Hall–Kier alpha value is -1.03. The molecule has 2 rings (SSSR count). The zero-order valence-electron chi connectivity index (χ0n) is 8.60. The summed E-state index contributed by atoms with van der Waals surface area (Å²) >= 11 is 1.52. The van der Waals surface area contributed by atoms with E-state index in [0.29, 0.717) is 5.56 Å². The maximum Gasteiger partial charge on any atom is 0.338 e. The summed E-state index contributed by atoms with van der Waals surface area (Å²) in [4.78, 5) is 15.8. The summed E-state index contributed by atoms with van der Waals surface area (Å²) in [6, 6.07) is 3.46. The summed E-state index contributed by atoms with van der Waals surface area (Å²) in [6.07, 6.45) is 6.90. The standard InChI is InChI=1S/C11H13NO2S/c1-15-10-7-8(5-6-12-10)11(13)14-9-3-2-4-9/h5-7,9H,2-4H2,1H3. The summed E-state index contributed by atoms with van der Waals surface area (Å²) in [5, 5.41) is 0.845. The minimum Gasteiger partial charge on any atom is -0.459 e. The minimum absolute atomic E-state index is 0.142. The SMILES string of the molecule is CSc1cc(C(=O)OC2CCC2)ccn1. The number of hydrogen-bond acceptors (Lipinski definition) is 4. The third-order valence-electron chi connectivity index (χ3n) is 2.51. The van der Waals surface area contributed by atoms with E-state index < -0.39 is 0 Å². The van der Waals surface area contributed by atoms with Crippen molar-refractivity contribution in [3.05, 3.63) is 23.9 Å². The van der Waals surface area contributed by atoms with Gasteiger partial charge in [0.1, 0.15) is 6.10 Å². The molecule has 0 aliphatic heterocycles. The molecule has 4 heteroatoms. The number of esters is 1. The van der Waals surface area contributed by atoms with Gasteiger partial charge in [0, 0.05) is 6.20 Å². The smallest absolute Gasteiger partial charge is 0.338 e. The second-order valence-corrected chi connectivity index (χ2v) is 4.37. The molecule has 15 heavy (non-hydrogen) atoms. The molecule has 1 aliphatic rings. The van der Waals surface area contributed by atoms with Crippen LogP contribution in [0.1, 0.15) is 29.6 Å². The quantitative estimate of drug-likeness (QED) is 0.583.